The maximum atomic E-state index is 8.16. The maximum Gasteiger partial charge on any atom is 0.130 e. The summed E-state index contributed by atoms with van der Waals surface area (Å²) < 4.78 is 5.52. The molecule has 0 saturated carbocycles. The van der Waals surface area contributed by atoms with Gasteiger partial charge < -0.3 is 20.4 Å². The van der Waals surface area contributed by atoms with Crippen molar-refractivity contribution in [3.05, 3.63) is 65.3 Å². The Hall–Kier alpha value is -2.99. The Morgan fingerprint density at radius 3 is 2.55 bits per heavy atom. The number of nitrogens with one attached hydrogen (secondary N) is 2. The molecule has 0 aromatic carbocycles. The molecule has 0 amide bonds. The molecule has 0 unspecified atom stereocenters. The normalized spacial score (nSPS) is 20.0. The van der Waals surface area contributed by atoms with Gasteiger partial charge in [0.25, 0.3) is 0 Å². The van der Waals surface area contributed by atoms with Crippen LogP contribution >= 0.6 is 0 Å². The molecule has 2 N–H and O–H groups in total. The number of hydrogen-bond acceptors (Lipinski definition) is 6. The highest BCUT2D eigenvalue weighted by atomic mass is 16.5. The standard InChI is InChI=1S/C23H27N5O/c1-25-14-16-12-17(23(29-3)13-18(16)24)20-5-7-21-22(27-20)6-4-19(26-21)15-8-10-28(2)11-9-15/h4-7,12-15,24-25H,8-11H2,1-3H3/b16-14-,24-18?. The van der Waals surface area contributed by atoms with Crippen LogP contribution in [0.4, 0.5) is 0 Å². The number of hydrogen-bond donors (Lipinski definition) is 2. The van der Waals surface area contributed by atoms with Gasteiger partial charge in [0, 0.05) is 42.1 Å². The van der Waals surface area contributed by atoms with Crippen LogP contribution in [-0.2, 0) is 4.74 Å². The number of nitrogens with zero attached hydrogens (tertiary/aromatic N) is 3. The Balaban J connectivity index is 1.67. The fourth-order valence-corrected chi connectivity index (χ4v) is 3.95. The van der Waals surface area contributed by atoms with Crippen molar-refractivity contribution in [3.63, 3.8) is 0 Å². The van der Waals surface area contributed by atoms with Crippen LogP contribution in [0, 0.1) is 5.41 Å². The van der Waals surface area contributed by atoms with Crippen LogP contribution in [0.1, 0.15) is 30.1 Å². The minimum Gasteiger partial charge on any atom is -0.496 e. The number of methoxy groups -OCH3 is 1. The number of piperidine rings is 1. The number of likely N-dealkylation sites (tertiary alicyclic amines) is 1. The van der Waals surface area contributed by atoms with E-state index in [1.807, 2.05) is 31.5 Å². The largest absolute Gasteiger partial charge is 0.496 e. The van der Waals surface area contributed by atoms with Gasteiger partial charge in [-0.05, 0) is 63.3 Å². The summed E-state index contributed by atoms with van der Waals surface area (Å²) >= 11 is 0. The fraction of sp³-hybridized carbons (Fsp3) is 0.348. The van der Waals surface area contributed by atoms with E-state index in [0.29, 0.717) is 17.4 Å². The van der Waals surface area contributed by atoms with Crippen LogP contribution in [0.3, 0.4) is 0 Å². The molecule has 1 saturated heterocycles. The SMILES string of the molecule is CN/C=C1/C=C(c2ccc3nc(C4CCN(C)CC4)ccc3n2)C(OC)=CC1=N. The van der Waals surface area contributed by atoms with E-state index in [9.17, 15) is 0 Å². The summed E-state index contributed by atoms with van der Waals surface area (Å²) in [5.41, 5.74) is 5.84. The number of allylic oxidation sites excluding steroid dienone is 4. The lowest BCUT2D eigenvalue weighted by Gasteiger charge is -2.28. The van der Waals surface area contributed by atoms with Crippen LogP contribution in [0.15, 0.2) is 53.9 Å². The summed E-state index contributed by atoms with van der Waals surface area (Å²) in [6, 6.07) is 8.22. The summed E-state index contributed by atoms with van der Waals surface area (Å²) in [7, 11) is 5.62. The molecule has 0 bridgehead atoms. The van der Waals surface area contributed by atoms with Gasteiger partial charge in [-0.25, -0.2) is 4.98 Å². The van der Waals surface area contributed by atoms with E-state index in [1.54, 1.807) is 13.2 Å². The minimum atomic E-state index is 0.408. The third kappa shape index (κ3) is 3.93. The molecule has 2 aromatic rings. The molecular weight excluding hydrogens is 362 g/mol. The van der Waals surface area contributed by atoms with Crippen molar-refractivity contribution in [1.29, 1.82) is 5.41 Å². The maximum absolute atomic E-state index is 8.16. The highest BCUT2D eigenvalue weighted by Gasteiger charge is 2.21. The average molecular weight is 390 g/mol. The number of pyridine rings is 2. The molecule has 29 heavy (non-hydrogen) atoms. The Bertz CT molecular complexity index is 1030. The number of aromatic nitrogens is 2. The van der Waals surface area contributed by atoms with Gasteiger partial charge in [-0.1, -0.05) is 0 Å². The highest BCUT2D eigenvalue weighted by Crippen LogP contribution is 2.31. The zero-order valence-electron chi connectivity index (χ0n) is 17.2. The summed E-state index contributed by atoms with van der Waals surface area (Å²) in [6.07, 6.45) is 7.78. The molecule has 1 aliphatic carbocycles. The fourth-order valence-electron chi connectivity index (χ4n) is 3.95. The first-order valence-corrected chi connectivity index (χ1v) is 10.00. The number of fused-ring (bicyclic) bond motifs is 1. The van der Waals surface area contributed by atoms with Crippen molar-refractivity contribution in [1.82, 2.24) is 20.2 Å². The van der Waals surface area contributed by atoms with E-state index in [1.165, 1.54) is 5.69 Å². The molecule has 0 atom stereocenters. The molecule has 0 radical (unpaired) electrons. The zero-order chi connectivity index (χ0) is 20.4. The van der Waals surface area contributed by atoms with Crippen LogP contribution in [-0.4, -0.2) is 54.9 Å². The summed E-state index contributed by atoms with van der Waals surface area (Å²) in [6.45, 7) is 2.25. The Morgan fingerprint density at radius 2 is 1.83 bits per heavy atom. The molecule has 1 fully saturated rings. The first-order valence-electron chi connectivity index (χ1n) is 10.00. The molecule has 1 aliphatic heterocycles. The van der Waals surface area contributed by atoms with Crippen LogP contribution in [0.25, 0.3) is 16.6 Å². The molecule has 0 spiro atoms. The van der Waals surface area contributed by atoms with E-state index in [-0.39, 0.29) is 0 Å². The predicted molar refractivity (Wildman–Crippen MR) is 117 cm³/mol. The van der Waals surface area contributed by atoms with E-state index >= 15 is 0 Å². The first kappa shape index (κ1) is 19.3. The van der Waals surface area contributed by atoms with Gasteiger partial charge in [0.05, 0.1) is 29.5 Å². The van der Waals surface area contributed by atoms with Gasteiger partial charge >= 0.3 is 0 Å². The van der Waals surface area contributed by atoms with E-state index in [2.05, 4.69) is 29.4 Å². The minimum absolute atomic E-state index is 0.408. The van der Waals surface area contributed by atoms with Crippen molar-refractivity contribution >= 4 is 22.3 Å². The lowest BCUT2D eigenvalue weighted by atomic mass is 9.93. The van der Waals surface area contributed by atoms with Crippen LogP contribution in [0.2, 0.25) is 0 Å². The molecule has 150 valence electrons. The van der Waals surface area contributed by atoms with Gasteiger partial charge in [0.15, 0.2) is 0 Å². The van der Waals surface area contributed by atoms with Gasteiger partial charge in [0.2, 0.25) is 0 Å². The van der Waals surface area contributed by atoms with Crippen LogP contribution in [0.5, 0.6) is 0 Å². The monoisotopic (exact) mass is 389 g/mol. The van der Waals surface area contributed by atoms with Crippen molar-refractivity contribution in [3.8, 4) is 0 Å². The Morgan fingerprint density at radius 1 is 1.10 bits per heavy atom. The Labute approximate surface area is 171 Å². The smallest absolute Gasteiger partial charge is 0.130 e. The molecule has 6 heteroatoms. The second-order valence-corrected chi connectivity index (χ2v) is 7.62. The van der Waals surface area contributed by atoms with Gasteiger partial charge in [-0.15, -0.1) is 0 Å². The van der Waals surface area contributed by atoms with Crippen molar-refractivity contribution in [2.24, 2.45) is 0 Å². The van der Waals surface area contributed by atoms with Crippen molar-refractivity contribution in [2.75, 3.05) is 34.3 Å². The number of rotatable bonds is 4. The average Bonchev–Trinajstić information content (AvgIpc) is 2.75. The van der Waals surface area contributed by atoms with Gasteiger partial charge in [0.1, 0.15) is 5.76 Å². The zero-order valence-corrected chi connectivity index (χ0v) is 17.2. The quantitative estimate of drug-likeness (QED) is 0.837. The second kappa shape index (κ2) is 8.17. The molecule has 2 aromatic heterocycles. The lowest BCUT2D eigenvalue weighted by molar-refractivity contribution is 0.253. The molecular formula is C23H27N5O. The summed E-state index contributed by atoms with van der Waals surface area (Å²) in [4.78, 5) is 12.1. The summed E-state index contributed by atoms with van der Waals surface area (Å²) in [5, 5.41) is 11.1. The van der Waals surface area contributed by atoms with Crippen molar-refractivity contribution < 1.29 is 4.74 Å². The van der Waals surface area contributed by atoms with E-state index < -0.39 is 0 Å². The third-order valence-electron chi connectivity index (χ3n) is 5.65. The molecule has 2 aliphatic rings. The third-order valence-corrected chi connectivity index (χ3v) is 5.65. The summed E-state index contributed by atoms with van der Waals surface area (Å²) in [5.74, 6) is 1.17. The van der Waals surface area contributed by atoms with E-state index in [0.717, 1.165) is 53.8 Å². The lowest BCUT2D eigenvalue weighted by Crippen LogP contribution is -2.29. The number of ether oxygens (including phenoxy) is 1. The first-order chi connectivity index (χ1) is 14.1. The second-order valence-electron chi connectivity index (χ2n) is 7.62. The Kier molecular flexibility index (Phi) is 5.45. The predicted octanol–water partition coefficient (Wildman–Crippen LogP) is 3.49. The molecule has 6 nitrogen and oxygen atoms in total. The topological polar surface area (TPSA) is 74.1 Å². The van der Waals surface area contributed by atoms with E-state index in [4.69, 9.17) is 20.1 Å². The highest BCUT2D eigenvalue weighted by molar-refractivity contribution is 6.13. The van der Waals surface area contributed by atoms with Gasteiger partial charge in [-0.3, -0.25) is 4.98 Å². The van der Waals surface area contributed by atoms with Gasteiger partial charge in [-0.2, -0.15) is 0 Å². The van der Waals surface area contributed by atoms with Crippen molar-refractivity contribution in [2.45, 2.75) is 18.8 Å². The van der Waals surface area contributed by atoms with Crippen LogP contribution < -0.4 is 5.32 Å². The molecule has 4 rings (SSSR count). The molecule has 3 heterocycles.